The molecule has 2 aliphatic rings. The van der Waals surface area contributed by atoms with Crippen molar-refractivity contribution >= 4 is 5.96 Å². The molecular weight excluding hydrogens is 290 g/mol. The Morgan fingerprint density at radius 1 is 1.35 bits per heavy atom. The van der Waals surface area contributed by atoms with Gasteiger partial charge in [-0.05, 0) is 45.2 Å². The molecule has 2 rings (SSSR count). The second-order valence-corrected chi connectivity index (χ2v) is 7.05. The Hall–Kier alpha value is -0.850. The van der Waals surface area contributed by atoms with Crippen LogP contribution in [0.3, 0.4) is 0 Å². The summed E-state index contributed by atoms with van der Waals surface area (Å²) >= 11 is 0. The van der Waals surface area contributed by atoms with Gasteiger partial charge in [0.2, 0.25) is 0 Å². The lowest BCUT2D eigenvalue weighted by Gasteiger charge is -2.34. The summed E-state index contributed by atoms with van der Waals surface area (Å²) in [5.74, 6) is 1.40. The van der Waals surface area contributed by atoms with Gasteiger partial charge in [-0.1, -0.05) is 6.92 Å². The maximum absolute atomic E-state index is 5.98. The lowest BCUT2D eigenvalue weighted by molar-refractivity contribution is 0.0376. The summed E-state index contributed by atoms with van der Waals surface area (Å²) in [6.45, 7) is 13.6. The minimum absolute atomic E-state index is 0.478. The van der Waals surface area contributed by atoms with Crippen molar-refractivity contribution < 1.29 is 4.74 Å². The van der Waals surface area contributed by atoms with E-state index in [9.17, 15) is 0 Å². The van der Waals surface area contributed by atoms with Gasteiger partial charge in [-0.15, -0.1) is 0 Å². The van der Waals surface area contributed by atoms with E-state index in [1.54, 1.807) is 0 Å². The quantitative estimate of drug-likeness (QED) is 0.410. The molecule has 0 amide bonds. The Morgan fingerprint density at radius 2 is 2.13 bits per heavy atom. The van der Waals surface area contributed by atoms with E-state index >= 15 is 0 Å². The smallest absolute Gasteiger partial charge is 0.188 e. The van der Waals surface area contributed by atoms with Crippen LogP contribution in [0.25, 0.3) is 0 Å². The number of nitrogens with two attached hydrogens (primary N) is 1. The first kappa shape index (κ1) is 18.5. The van der Waals surface area contributed by atoms with E-state index in [1.165, 1.54) is 25.9 Å². The van der Waals surface area contributed by atoms with Crippen LogP contribution in [-0.4, -0.2) is 80.8 Å². The molecule has 0 aliphatic carbocycles. The average molecular weight is 326 g/mol. The normalized spacial score (nSPS) is 26.2. The van der Waals surface area contributed by atoms with Crippen LogP contribution in [0.4, 0.5) is 0 Å². The number of piperidine rings is 1. The van der Waals surface area contributed by atoms with Crippen molar-refractivity contribution in [3.05, 3.63) is 0 Å². The van der Waals surface area contributed by atoms with Gasteiger partial charge in [-0.2, -0.15) is 0 Å². The van der Waals surface area contributed by atoms with E-state index in [-0.39, 0.29) is 0 Å². The number of guanidine groups is 1. The molecule has 134 valence electrons. The number of rotatable bonds is 7. The van der Waals surface area contributed by atoms with Crippen LogP contribution in [0.1, 0.15) is 33.1 Å². The highest BCUT2D eigenvalue weighted by molar-refractivity contribution is 5.77. The predicted molar refractivity (Wildman–Crippen MR) is 95.8 cm³/mol. The first-order chi connectivity index (χ1) is 11.1. The first-order valence-corrected chi connectivity index (χ1v) is 9.23. The van der Waals surface area contributed by atoms with Crippen molar-refractivity contribution in [3.63, 3.8) is 0 Å². The molecule has 3 N–H and O–H groups in total. The topological polar surface area (TPSA) is 66.1 Å². The number of ether oxygens (including phenoxy) is 1. The Morgan fingerprint density at radius 3 is 2.87 bits per heavy atom. The van der Waals surface area contributed by atoms with Gasteiger partial charge in [0.15, 0.2) is 5.96 Å². The van der Waals surface area contributed by atoms with Crippen molar-refractivity contribution in [2.45, 2.75) is 39.2 Å². The summed E-state index contributed by atoms with van der Waals surface area (Å²) in [6, 6.07) is 0.478. The summed E-state index contributed by atoms with van der Waals surface area (Å²) in [7, 11) is 0. The molecule has 23 heavy (non-hydrogen) atoms. The average Bonchev–Trinajstić information content (AvgIpc) is 2.57. The van der Waals surface area contributed by atoms with E-state index in [4.69, 9.17) is 10.5 Å². The zero-order chi connectivity index (χ0) is 16.5. The third-order valence-corrected chi connectivity index (χ3v) is 4.90. The fourth-order valence-corrected chi connectivity index (χ4v) is 3.37. The molecule has 0 aromatic heterocycles. The Kier molecular flexibility index (Phi) is 8.12. The van der Waals surface area contributed by atoms with Crippen LogP contribution >= 0.6 is 0 Å². The largest absolute Gasteiger partial charge is 0.379 e. The van der Waals surface area contributed by atoms with Crippen LogP contribution in [0.5, 0.6) is 0 Å². The molecule has 6 heteroatoms. The van der Waals surface area contributed by atoms with Crippen molar-refractivity contribution in [1.82, 2.24) is 15.1 Å². The molecule has 0 spiro atoms. The summed E-state index contributed by atoms with van der Waals surface area (Å²) in [5, 5.41) is 3.24. The van der Waals surface area contributed by atoms with Crippen molar-refractivity contribution in [2.75, 3.05) is 59.0 Å². The predicted octanol–water partition coefficient (Wildman–Crippen LogP) is 0.733. The van der Waals surface area contributed by atoms with Gasteiger partial charge in [0.25, 0.3) is 0 Å². The van der Waals surface area contributed by atoms with Gasteiger partial charge in [-0.25, -0.2) is 0 Å². The molecule has 0 saturated carbocycles. The maximum atomic E-state index is 5.98. The SMILES string of the molecule is CC1CCCN(C(C)CN=C(N)NCCCN2CCOCC2)C1. The highest BCUT2D eigenvalue weighted by Gasteiger charge is 2.20. The van der Waals surface area contributed by atoms with Gasteiger partial charge in [0.05, 0.1) is 19.8 Å². The standard InChI is InChI=1S/C17H35N5O/c1-15-5-3-8-22(14-15)16(2)13-20-17(18)19-6-4-7-21-9-11-23-12-10-21/h15-16H,3-14H2,1-2H3,(H3,18,19,20). The third kappa shape index (κ3) is 7.06. The van der Waals surface area contributed by atoms with Crippen LogP contribution in [0.2, 0.25) is 0 Å². The van der Waals surface area contributed by atoms with Crippen molar-refractivity contribution in [3.8, 4) is 0 Å². The molecule has 2 unspecified atom stereocenters. The van der Waals surface area contributed by atoms with Crippen molar-refractivity contribution in [2.24, 2.45) is 16.6 Å². The zero-order valence-corrected chi connectivity index (χ0v) is 15.0. The monoisotopic (exact) mass is 325 g/mol. The van der Waals surface area contributed by atoms with Crippen LogP contribution in [0, 0.1) is 5.92 Å². The number of nitrogens with zero attached hydrogens (tertiary/aromatic N) is 3. The van der Waals surface area contributed by atoms with E-state index in [2.05, 4.69) is 34.0 Å². The number of nitrogens with one attached hydrogen (secondary N) is 1. The van der Waals surface area contributed by atoms with E-state index in [0.29, 0.717) is 12.0 Å². The minimum atomic E-state index is 0.478. The second kappa shape index (κ2) is 10.1. The summed E-state index contributed by atoms with van der Waals surface area (Å²) in [5.41, 5.74) is 5.98. The lowest BCUT2D eigenvalue weighted by Crippen LogP contribution is -2.43. The number of aliphatic imine (C=N–C) groups is 1. The highest BCUT2D eigenvalue weighted by Crippen LogP contribution is 2.17. The summed E-state index contributed by atoms with van der Waals surface area (Å²) in [6.07, 6.45) is 3.76. The molecule has 2 aliphatic heterocycles. The molecule has 2 fully saturated rings. The molecular formula is C17H35N5O. The van der Waals surface area contributed by atoms with Crippen LogP contribution in [0.15, 0.2) is 4.99 Å². The molecule has 6 nitrogen and oxygen atoms in total. The van der Waals surface area contributed by atoms with Gasteiger partial charge in [0.1, 0.15) is 0 Å². The number of likely N-dealkylation sites (tertiary alicyclic amines) is 1. The third-order valence-electron chi connectivity index (χ3n) is 4.90. The van der Waals surface area contributed by atoms with Crippen molar-refractivity contribution in [1.29, 1.82) is 0 Å². The minimum Gasteiger partial charge on any atom is -0.379 e. The second-order valence-electron chi connectivity index (χ2n) is 7.05. The summed E-state index contributed by atoms with van der Waals surface area (Å²) in [4.78, 5) is 9.50. The molecule has 2 atom stereocenters. The van der Waals surface area contributed by atoms with Gasteiger partial charge in [0, 0.05) is 32.2 Å². The molecule has 0 radical (unpaired) electrons. The maximum Gasteiger partial charge on any atom is 0.188 e. The van der Waals surface area contributed by atoms with E-state index in [0.717, 1.165) is 58.3 Å². The molecule has 0 bridgehead atoms. The van der Waals surface area contributed by atoms with Crippen LogP contribution < -0.4 is 11.1 Å². The first-order valence-electron chi connectivity index (χ1n) is 9.23. The molecule has 0 aromatic carbocycles. The zero-order valence-electron chi connectivity index (χ0n) is 15.0. The highest BCUT2D eigenvalue weighted by atomic mass is 16.5. The van der Waals surface area contributed by atoms with E-state index in [1.807, 2.05) is 0 Å². The van der Waals surface area contributed by atoms with Gasteiger partial charge >= 0.3 is 0 Å². The lowest BCUT2D eigenvalue weighted by atomic mass is 9.99. The number of hydrogen-bond donors (Lipinski definition) is 2. The van der Waals surface area contributed by atoms with Crippen LogP contribution in [-0.2, 0) is 4.74 Å². The Bertz CT molecular complexity index is 357. The number of morpholine rings is 1. The van der Waals surface area contributed by atoms with Gasteiger partial charge < -0.3 is 15.8 Å². The molecule has 0 aromatic rings. The Labute approximate surface area is 141 Å². The summed E-state index contributed by atoms with van der Waals surface area (Å²) < 4.78 is 5.35. The Balaban J connectivity index is 1.57. The fourth-order valence-electron chi connectivity index (χ4n) is 3.37. The fraction of sp³-hybridized carbons (Fsp3) is 0.941. The number of hydrogen-bond acceptors (Lipinski definition) is 4. The van der Waals surface area contributed by atoms with E-state index < -0.39 is 0 Å². The molecule has 2 saturated heterocycles. The molecule has 2 heterocycles. The van der Waals surface area contributed by atoms with Gasteiger partial charge in [-0.3, -0.25) is 14.8 Å².